The third-order valence-corrected chi connectivity index (χ3v) is 2.90. The lowest BCUT2D eigenvalue weighted by atomic mass is 10.1. The molecule has 3 N–H and O–H groups in total. The molecule has 1 rings (SSSR count). The fourth-order valence-corrected chi connectivity index (χ4v) is 1.72. The van der Waals surface area contributed by atoms with Crippen molar-refractivity contribution >= 4 is 21.9 Å². The van der Waals surface area contributed by atoms with Gasteiger partial charge in [-0.1, -0.05) is 18.2 Å². The number of hydrogen-bond donors (Lipinski definition) is 3. The van der Waals surface area contributed by atoms with E-state index in [1.807, 2.05) is 0 Å². The highest BCUT2D eigenvalue weighted by Crippen LogP contribution is 2.16. The molecule has 0 fully saturated rings. The van der Waals surface area contributed by atoms with Crippen LogP contribution in [-0.4, -0.2) is 26.5 Å². The highest BCUT2D eigenvalue weighted by molar-refractivity contribution is 7.90. The number of carboxylic acid groups (broad SMARTS) is 1. The zero-order valence-electron chi connectivity index (χ0n) is 8.60. The summed E-state index contributed by atoms with van der Waals surface area (Å²) in [5, 5.41) is 8.65. The Bertz CT molecular complexity index is 484. The number of para-hydroxylation sites is 1. The molecule has 16 heavy (non-hydrogen) atoms. The van der Waals surface area contributed by atoms with Crippen LogP contribution in [0.1, 0.15) is 5.56 Å². The zero-order valence-corrected chi connectivity index (χ0v) is 9.41. The van der Waals surface area contributed by atoms with Gasteiger partial charge in [-0.05, 0) is 11.6 Å². The molecule has 0 aliphatic rings. The Labute approximate surface area is 93.5 Å². The van der Waals surface area contributed by atoms with E-state index < -0.39 is 16.2 Å². The molecule has 0 amide bonds. The van der Waals surface area contributed by atoms with E-state index in [-0.39, 0.29) is 12.1 Å². The Kier molecular flexibility index (Phi) is 3.86. The molecule has 0 heterocycles. The van der Waals surface area contributed by atoms with Gasteiger partial charge in [0.1, 0.15) is 0 Å². The van der Waals surface area contributed by atoms with Crippen molar-refractivity contribution in [3.05, 3.63) is 29.8 Å². The Morgan fingerprint density at radius 2 is 2.00 bits per heavy atom. The minimum atomic E-state index is -3.62. The molecule has 7 heteroatoms. The Balaban J connectivity index is 3.00. The van der Waals surface area contributed by atoms with Crippen molar-refractivity contribution in [3.8, 4) is 0 Å². The van der Waals surface area contributed by atoms with E-state index in [0.29, 0.717) is 5.56 Å². The summed E-state index contributed by atoms with van der Waals surface area (Å²) in [4.78, 5) is 10.6. The molecule has 88 valence electrons. The molecule has 0 unspecified atom stereocenters. The molecule has 0 spiro atoms. The highest BCUT2D eigenvalue weighted by Gasteiger charge is 2.11. The number of rotatable bonds is 5. The largest absolute Gasteiger partial charge is 0.481 e. The average molecular weight is 244 g/mol. The van der Waals surface area contributed by atoms with Gasteiger partial charge in [-0.15, -0.1) is 0 Å². The van der Waals surface area contributed by atoms with Crippen molar-refractivity contribution in [2.75, 3.05) is 11.8 Å². The van der Waals surface area contributed by atoms with Crippen LogP contribution in [0.2, 0.25) is 0 Å². The van der Waals surface area contributed by atoms with Crippen molar-refractivity contribution in [1.82, 2.24) is 4.72 Å². The molecule has 0 aliphatic heterocycles. The van der Waals surface area contributed by atoms with E-state index in [1.54, 1.807) is 18.2 Å². The van der Waals surface area contributed by atoms with E-state index in [1.165, 1.54) is 13.1 Å². The molecule has 0 bridgehead atoms. The standard InChI is InChI=1S/C9H12N2O4S/c1-10-16(14,15)11-8-5-3-2-4-7(8)6-9(12)13/h2-5,10-11H,6H2,1H3,(H,12,13). The van der Waals surface area contributed by atoms with E-state index in [2.05, 4.69) is 9.44 Å². The number of anilines is 1. The Morgan fingerprint density at radius 1 is 1.38 bits per heavy atom. The molecule has 0 aromatic heterocycles. The summed E-state index contributed by atoms with van der Waals surface area (Å²) in [6.07, 6.45) is -0.234. The fraction of sp³-hybridized carbons (Fsp3) is 0.222. The fourth-order valence-electron chi connectivity index (χ4n) is 1.13. The van der Waals surface area contributed by atoms with Crippen LogP contribution < -0.4 is 9.44 Å². The molecule has 0 aliphatic carbocycles. The predicted octanol–water partition coefficient (Wildman–Crippen LogP) is 0.190. The Hall–Kier alpha value is -1.60. The summed E-state index contributed by atoms with van der Waals surface area (Å²) in [6, 6.07) is 6.34. The van der Waals surface area contributed by atoms with Gasteiger partial charge in [0.05, 0.1) is 12.1 Å². The third-order valence-electron chi connectivity index (χ3n) is 1.87. The molecular formula is C9H12N2O4S. The summed E-state index contributed by atoms with van der Waals surface area (Å²) >= 11 is 0. The number of benzene rings is 1. The van der Waals surface area contributed by atoms with E-state index in [4.69, 9.17) is 5.11 Å². The molecular weight excluding hydrogens is 232 g/mol. The zero-order chi connectivity index (χ0) is 12.2. The first-order chi connectivity index (χ1) is 7.44. The van der Waals surface area contributed by atoms with Crippen LogP contribution in [0.15, 0.2) is 24.3 Å². The number of hydrogen-bond acceptors (Lipinski definition) is 3. The van der Waals surface area contributed by atoms with Crippen LogP contribution >= 0.6 is 0 Å². The summed E-state index contributed by atoms with van der Waals surface area (Å²) in [6.45, 7) is 0. The minimum absolute atomic E-state index is 0.234. The van der Waals surface area contributed by atoms with Crippen LogP contribution in [-0.2, 0) is 21.4 Å². The van der Waals surface area contributed by atoms with Gasteiger partial charge >= 0.3 is 5.97 Å². The third kappa shape index (κ3) is 3.52. The molecule has 0 saturated heterocycles. The molecule has 1 aromatic rings. The quantitative estimate of drug-likeness (QED) is 0.689. The topological polar surface area (TPSA) is 95.5 Å². The number of aliphatic carboxylic acids is 1. The molecule has 1 aromatic carbocycles. The molecule has 0 saturated carbocycles. The van der Waals surface area contributed by atoms with Crippen LogP contribution in [0, 0.1) is 0 Å². The minimum Gasteiger partial charge on any atom is -0.481 e. The van der Waals surface area contributed by atoms with Gasteiger partial charge in [-0.25, -0.2) is 4.72 Å². The van der Waals surface area contributed by atoms with Crippen molar-refractivity contribution in [1.29, 1.82) is 0 Å². The van der Waals surface area contributed by atoms with Gasteiger partial charge in [-0.3, -0.25) is 9.52 Å². The maximum Gasteiger partial charge on any atom is 0.307 e. The lowest BCUT2D eigenvalue weighted by molar-refractivity contribution is -0.136. The normalized spacial score (nSPS) is 11.1. The van der Waals surface area contributed by atoms with Crippen LogP contribution in [0.25, 0.3) is 0 Å². The van der Waals surface area contributed by atoms with Crippen LogP contribution in [0.3, 0.4) is 0 Å². The van der Waals surface area contributed by atoms with Gasteiger partial charge in [0, 0.05) is 7.05 Å². The lowest BCUT2D eigenvalue weighted by Gasteiger charge is -2.10. The second-order valence-electron chi connectivity index (χ2n) is 3.04. The van der Waals surface area contributed by atoms with Gasteiger partial charge in [0.15, 0.2) is 0 Å². The smallest absolute Gasteiger partial charge is 0.307 e. The monoisotopic (exact) mass is 244 g/mol. The first-order valence-corrected chi connectivity index (χ1v) is 5.94. The molecule has 6 nitrogen and oxygen atoms in total. The van der Waals surface area contributed by atoms with Gasteiger partial charge in [0.25, 0.3) is 10.2 Å². The van der Waals surface area contributed by atoms with Gasteiger partial charge in [-0.2, -0.15) is 8.42 Å². The summed E-state index contributed by atoms with van der Waals surface area (Å²) in [5.41, 5.74) is 0.674. The first kappa shape index (κ1) is 12.5. The number of nitrogens with one attached hydrogen (secondary N) is 2. The second kappa shape index (κ2) is 4.95. The first-order valence-electron chi connectivity index (χ1n) is 4.45. The maximum absolute atomic E-state index is 11.2. The van der Waals surface area contributed by atoms with E-state index >= 15 is 0 Å². The van der Waals surface area contributed by atoms with Crippen molar-refractivity contribution in [2.24, 2.45) is 0 Å². The molecule has 0 radical (unpaired) electrons. The van der Waals surface area contributed by atoms with Crippen molar-refractivity contribution in [3.63, 3.8) is 0 Å². The second-order valence-corrected chi connectivity index (χ2v) is 4.66. The highest BCUT2D eigenvalue weighted by atomic mass is 32.2. The average Bonchev–Trinajstić information content (AvgIpc) is 2.20. The number of carboxylic acids is 1. The van der Waals surface area contributed by atoms with Crippen molar-refractivity contribution in [2.45, 2.75) is 6.42 Å². The SMILES string of the molecule is CNS(=O)(=O)Nc1ccccc1CC(=O)O. The number of carbonyl (C=O) groups is 1. The lowest BCUT2D eigenvalue weighted by Crippen LogP contribution is -2.27. The predicted molar refractivity (Wildman–Crippen MR) is 59.4 cm³/mol. The summed E-state index contributed by atoms with van der Waals surface area (Å²) in [5.74, 6) is -1.02. The van der Waals surface area contributed by atoms with Gasteiger partial charge in [0.2, 0.25) is 0 Å². The molecule has 0 atom stereocenters. The van der Waals surface area contributed by atoms with Gasteiger partial charge < -0.3 is 5.11 Å². The van der Waals surface area contributed by atoms with Crippen molar-refractivity contribution < 1.29 is 18.3 Å². The maximum atomic E-state index is 11.2. The Morgan fingerprint density at radius 3 is 2.56 bits per heavy atom. The van der Waals surface area contributed by atoms with E-state index in [0.717, 1.165) is 0 Å². The van der Waals surface area contributed by atoms with E-state index in [9.17, 15) is 13.2 Å². The van der Waals surface area contributed by atoms with Crippen LogP contribution in [0.4, 0.5) is 5.69 Å². The van der Waals surface area contributed by atoms with Crippen LogP contribution in [0.5, 0.6) is 0 Å². The summed E-state index contributed by atoms with van der Waals surface area (Å²) in [7, 11) is -2.36. The summed E-state index contributed by atoms with van der Waals surface area (Å²) < 4.78 is 26.8.